The van der Waals surface area contributed by atoms with Gasteiger partial charge in [0.2, 0.25) is 0 Å². The maximum atomic E-state index is 5.48. The SMILES string of the molecule is c1ccc(-c2ccc(-c3nc(-c4ccc5c(c4)C(c4ccccc4)(c4ccccc4)c4ccccc4-5)nc(-c4cc5ccccc5c5ccccc45)n3)c(-c3ccccc3)c2)cc1. The lowest BCUT2D eigenvalue weighted by molar-refractivity contribution is 0.768. The Morgan fingerprint density at radius 3 is 1.48 bits per heavy atom. The van der Waals surface area contributed by atoms with Gasteiger partial charge in [-0.05, 0) is 101 Å². The first-order valence-corrected chi connectivity index (χ1v) is 21.5. The molecule has 1 aliphatic rings. The summed E-state index contributed by atoms with van der Waals surface area (Å²) in [5.41, 5.74) is 14.0. The van der Waals surface area contributed by atoms with Gasteiger partial charge in [-0.1, -0.05) is 212 Å². The Morgan fingerprint density at radius 1 is 0.254 bits per heavy atom. The molecule has 0 saturated carbocycles. The normalized spacial score (nSPS) is 12.6. The fourth-order valence-corrected chi connectivity index (χ4v) is 9.97. The molecular weight excluding hydrogens is 763 g/mol. The highest BCUT2D eigenvalue weighted by atomic mass is 15.0. The molecule has 11 aromatic rings. The van der Waals surface area contributed by atoms with E-state index in [0.29, 0.717) is 17.5 Å². The number of benzene rings is 10. The molecule has 0 atom stereocenters. The van der Waals surface area contributed by atoms with Crippen LogP contribution in [0.1, 0.15) is 22.3 Å². The molecule has 0 unspecified atom stereocenters. The van der Waals surface area contributed by atoms with Gasteiger partial charge in [0.1, 0.15) is 0 Å². The molecule has 1 aromatic heterocycles. The van der Waals surface area contributed by atoms with Crippen LogP contribution in [-0.4, -0.2) is 15.0 Å². The molecule has 0 amide bonds. The molecule has 63 heavy (non-hydrogen) atoms. The van der Waals surface area contributed by atoms with Gasteiger partial charge in [-0.2, -0.15) is 0 Å². The molecule has 0 aliphatic heterocycles. The Hall–Kier alpha value is -8.27. The van der Waals surface area contributed by atoms with E-state index in [-0.39, 0.29) is 0 Å². The van der Waals surface area contributed by atoms with Crippen LogP contribution in [0.3, 0.4) is 0 Å². The summed E-state index contributed by atoms with van der Waals surface area (Å²) in [6.07, 6.45) is 0. The predicted octanol–water partition coefficient (Wildman–Crippen LogP) is 14.9. The average molecular weight is 802 g/mol. The highest BCUT2D eigenvalue weighted by molar-refractivity contribution is 6.13. The largest absolute Gasteiger partial charge is 0.208 e. The van der Waals surface area contributed by atoms with Crippen molar-refractivity contribution >= 4 is 21.5 Å². The lowest BCUT2D eigenvalue weighted by Gasteiger charge is -2.34. The van der Waals surface area contributed by atoms with E-state index in [4.69, 9.17) is 15.0 Å². The van der Waals surface area contributed by atoms with E-state index in [2.05, 4.69) is 237 Å². The highest BCUT2D eigenvalue weighted by Gasteiger charge is 2.46. The topological polar surface area (TPSA) is 38.7 Å². The van der Waals surface area contributed by atoms with Crippen LogP contribution in [0.15, 0.2) is 237 Å². The minimum absolute atomic E-state index is 0.564. The summed E-state index contributed by atoms with van der Waals surface area (Å²) >= 11 is 0. The minimum atomic E-state index is -0.564. The van der Waals surface area contributed by atoms with Gasteiger partial charge < -0.3 is 0 Å². The second kappa shape index (κ2) is 15.0. The smallest absolute Gasteiger partial charge is 0.164 e. The Balaban J connectivity index is 1.14. The van der Waals surface area contributed by atoms with Crippen molar-refractivity contribution in [1.29, 1.82) is 0 Å². The van der Waals surface area contributed by atoms with Gasteiger partial charge in [0, 0.05) is 16.7 Å². The van der Waals surface area contributed by atoms with E-state index in [1.807, 2.05) is 0 Å². The molecule has 0 bridgehead atoms. The summed E-state index contributed by atoms with van der Waals surface area (Å²) in [7, 11) is 0. The van der Waals surface area contributed by atoms with Crippen LogP contribution < -0.4 is 0 Å². The number of hydrogen-bond donors (Lipinski definition) is 0. The van der Waals surface area contributed by atoms with E-state index >= 15 is 0 Å². The third-order valence-corrected chi connectivity index (χ3v) is 12.8. The number of rotatable bonds is 7. The monoisotopic (exact) mass is 801 g/mol. The molecule has 0 spiro atoms. The van der Waals surface area contributed by atoms with Crippen molar-refractivity contribution in [2.75, 3.05) is 0 Å². The maximum absolute atomic E-state index is 5.48. The first kappa shape index (κ1) is 36.6. The highest BCUT2D eigenvalue weighted by Crippen LogP contribution is 2.56. The van der Waals surface area contributed by atoms with Gasteiger partial charge in [-0.3, -0.25) is 0 Å². The molecule has 3 nitrogen and oxygen atoms in total. The van der Waals surface area contributed by atoms with E-state index in [0.717, 1.165) is 55.1 Å². The third-order valence-electron chi connectivity index (χ3n) is 12.8. The van der Waals surface area contributed by atoms with Crippen LogP contribution in [0.2, 0.25) is 0 Å². The van der Waals surface area contributed by atoms with E-state index < -0.39 is 5.41 Å². The van der Waals surface area contributed by atoms with E-state index in [1.54, 1.807) is 0 Å². The predicted molar refractivity (Wildman–Crippen MR) is 259 cm³/mol. The van der Waals surface area contributed by atoms with Crippen LogP contribution in [-0.2, 0) is 5.41 Å². The second-order valence-electron chi connectivity index (χ2n) is 16.3. The Labute approximate surface area is 366 Å². The summed E-state index contributed by atoms with van der Waals surface area (Å²) in [6.45, 7) is 0. The Morgan fingerprint density at radius 2 is 0.762 bits per heavy atom. The molecule has 0 saturated heterocycles. The molecule has 1 heterocycles. The molecule has 12 rings (SSSR count). The van der Waals surface area contributed by atoms with Crippen molar-refractivity contribution in [3.05, 3.63) is 259 Å². The number of hydrogen-bond acceptors (Lipinski definition) is 3. The molecule has 294 valence electrons. The van der Waals surface area contributed by atoms with Crippen molar-refractivity contribution in [1.82, 2.24) is 15.0 Å². The number of fused-ring (bicyclic) bond motifs is 6. The van der Waals surface area contributed by atoms with Crippen molar-refractivity contribution in [3.8, 4) is 67.5 Å². The fourth-order valence-electron chi connectivity index (χ4n) is 9.97. The van der Waals surface area contributed by atoms with Crippen molar-refractivity contribution in [2.45, 2.75) is 5.41 Å². The summed E-state index contributed by atoms with van der Waals surface area (Å²) in [5.74, 6) is 1.86. The minimum Gasteiger partial charge on any atom is -0.208 e. The van der Waals surface area contributed by atoms with Crippen LogP contribution in [0.4, 0.5) is 0 Å². The van der Waals surface area contributed by atoms with Gasteiger partial charge in [0.05, 0.1) is 5.41 Å². The van der Waals surface area contributed by atoms with E-state index in [9.17, 15) is 0 Å². The molecule has 0 N–H and O–H groups in total. The zero-order chi connectivity index (χ0) is 41.7. The first-order chi connectivity index (χ1) is 31.2. The molecular formula is C60H39N3. The summed E-state index contributed by atoms with van der Waals surface area (Å²) in [4.78, 5) is 16.4. The van der Waals surface area contributed by atoms with Crippen molar-refractivity contribution in [3.63, 3.8) is 0 Å². The average Bonchev–Trinajstić information content (AvgIpc) is 3.67. The van der Waals surface area contributed by atoms with Crippen molar-refractivity contribution < 1.29 is 0 Å². The summed E-state index contributed by atoms with van der Waals surface area (Å²) in [6, 6.07) is 84.7. The Bertz CT molecular complexity index is 3450. The standard InChI is InChI=1S/C60H39N3/c1-5-19-40(20-6-1)42-33-36-52(53(37-42)41-21-7-2-8-22-41)58-61-57(62-59(63-58)54-38-43-23-13-14-28-47(43)48-29-15-16-30-49(48)54)44-34-35-51-50-31-17-18-32-55(50)60(56(51)39-44,45-24-9-3-10-25-45)46-26-11-4-12-27-46/h1-39H. The number of aromatic nitrogens is 3. The summed E-state index contributed by atoms with van der Waals surface area (Å²) in [5, 5.41) is 4.60. The van der Waals surface area contributed by atoms with Crippen LogP contribution in [0, 0.1) is 0 Å². The molecule has 1 aliphatic carbocycles. The summed E-state index contributed by atoms with van der Waals surface area (Å²) < 4.78 is 0. The molecule has 10 aromatic carbocycles. The van der Waals surface area contributed by atoms with Gasteiger partial charge in [0.25, 0.3) is 0 Å². The van der Waals surface area contributed by atoms with Crippen LogP contribution >= 0.6 is 0 Å². The van der Waals surface area contributed by atoms with E-state index in [1.165, 1.54) is 38.8 Å². The van der Waals surface area contributed by atoms with Gasteiger partial charge in [-0.15, -0.1) is 0 Å². The van der Waals surface area contributed by atoms with Crippen molar-refractivity contribution in [2.24, 2.45) is 0 Å². The lowest BCUT2D eigenvalue weighted by Crippen LogP contribution is -2.28. The van der Waals surface area contributed by atoms with Crippen LogP contribution in [0.5, 0.6) is 0 Å². The first-order valence-electron chi connectivity index (χ1n) is 21.5. The maximum Gasteiger partial charge on any atom is 0.164 e. The second-order valence-corrected chi connectivity index (χ2v) is 16.3. The zero-order valence-corrected chi connectivity index (χ0v) is 34.4. The zero-order valence-electron chi connectivity index (χ0n) is 34.4. The number of nitrogens with zero attached hydrogens (tertiary/aromatic N) is 3. The molecule has 0 fully saturated rings. The Kier molecular flexibility index (Phi) is 8.72. The lowest BCUT2D eigenvalue weighted by atomic mass is 9.67. The third kappa shape index (κ3) is 6.01. The van der Waals surface area contributed by atoms with Gasteiger partial charge in [-0.25, -0.2) is 15.0 Å². The van der Waals surface area contributed by atoms with Gasteiger partial charge >= 0.3 is 0 Å². The fraction of sp³-hybridized carbons (Fsp3) is 0.0167. The van der Waals surface area contributed by atoms with Crippen LogP contribution in [0.25, 0.3) is 89.1 Å². The molecule has 0 radical (unpaired) electrons. The quantitative estimate of drug-likeness (QED) is 0.151. The van der Waals surface area contributed by atoms with Gasteiger partial charge in [0.15, 0.2) is 17.5 Å². The molecule has 3 heteroatoms.